The van der Waals surface area contributed by atoms with Gasteiger partial charge in [0, 0.05) is 36.1 Å². The smallest absolute Gasteiger partial charge is 0.282 e. The van der Waals surface area contributed by atoms with Crippen LogP contribution < -0.4 is 10.3 Å². The van der Waals surface area contributed by atoms with Crippen molar-refractivity contribution in [1.29, 1.82) is 0 Å². The lowest BCUT2D eigenvalue weighted by Gasteiger charge is -2.21. The molecule has 4 rings (SSSR count). The van der Waals surface area contributed by atoms with Gasteiger partial charge in [0.1, 0.15) is 18.2 Å². The Kier molecular flexibility index (Phi) is 8.17. The summed E-state index contributed by atoms with van der Waals surface area (Å²) in [5, 5.41) is 6.52. The van der Waals surface area contributed by atoms with Crippen LogP contribution in [-0.2, 0) is 12.0 Å². The van der Waals surface area contributed by atoms with Crippen LogP contribution in [0.1, 0.15) is 37.7 Å². The van der Waals surface area contributed by atoms with E-state index in [1.807, 2.05) is 32.9 Å². The third kappa shape index (κ3) is 5.97. The maximum absolute atomic E-state index is 13.5. The summed E-state index contributed by atoms with van der Waals surface area (Å²) in [5.74, 6) is 1.02. The van der Waals surface area contributed by atoms with Crippen molar-refractivity contribution in [2.24, 2.45) is 5.10 Å². The average Bonchev–Trinajstić information content (AvgIpc) is 2.78. The van der Waals surface area contributed by atoms with Gasteiger partial charge >= 0.3 is 0 Å². The lowest BCUT2D eigenvalue weighted by Crippen LogP contribution is -2.29. The van der Waals surface area contributed by atoms with Crippen LogP contribution >= 0.6 is 66.7 Å². The Morgan fingerprint density at radius 3 is 2.47 bits per heavy atom. The Morgan fingerprint density at radius 2 is 1.78 bits per heavy atom. The summed E-state index contributed by atoms with van der Waals surface area (Å²) in [6.07, 6.45) is 1.54. The second-order valence-corrected chi connectivity index (χ2v) is 12.1. The van der Waals surface area contributed by atoms with Gasteiger partial charge in [0.15, 0.2) is 0 Å². The van der Waals surface area contributed by atoms with E-state index in [0.717, 1.165) is 10.0 Å². The van der Waals surface area contributed by atoms with Crippen LogP contribution in [0.15, 0.2) is 67.4 Å². The minimum absolute atomic E-state index is 0.190. The molecule has 186 valence electrons. The maximum Gasteiger partial charge on any atom is 0.282 e. The van der Waals surface area contributed by atoms with Crippen molar-refractivity contribution in [1.82, 2.24) is 9.66 Å². The van der Waals surface area contributed by atoms with Gasteiger partial charge in [0.05, 0.1) is 21.6 Å². The van der Waals surface area contributed by atoms with Gasteiger partial charge in [-0.25, -0.2) is 4.98 Å². The Labute approximate surface area is 240 Å². The van der Waals surface area contributed by atoms with Gasteiger partial charge in [-0.1, -0.05) is 77.6 Å². The lowest BCUT2D eigenvalue weighted by atomic mass is 9.95. The zero-order valence-corrected chi connectivity index (χ0v) is 24.9. The second kappa shape index (κ2) is 10.8. The number of benzene rings is 3. The van der Waals surface area contributed by atoms with Gasteiger partial charge < -0.3 is 4.74 Å². The fourth-order valence-electron chi connectivity index (χ4n) is 3.48. The Hall–Kier alpha value is -1.90. The molecule has 0 unspecified atom stereocenters. The van der Waals surface area contributed by atoms with Crippen LogP contribution in [0.4, 0.5) is 0 Å². The highest BCUT2D eigenvalue weighted by atomic mass is 79.9. The van der Waals surface area contributed by atoms with Crippen LogP contribution in [0.5, 0.6) is 5.75 Å². The molecule has 3 aromatic carbocycles. The van der Waals surface area contributed by atoms with Crippen LogP contribution in [0, 0.1) is 0 Å². The third-order valence-corrected chi connectivity index (χ3v) is 7.10. The standard InChI is InChI=1S/C26H20Br2Cl3N3O2/c1-26(2,3)25-33-22-7-5-16(27)9-19(22)24(35)34(25)32-12-15-8-18(30)10-20(28)23(15)36-13-14-4-6-17(29)11-21(14)31/h4-12H,13H2,1-3H3. The molecular weight excluding hydrogens is 652 g/mol. The number of hydrogen-bond donors (Lipinski definition) is 0. The maximum atomic E-state index is 13.5. The van der Waals surface area contributed by atoms with E-state index in [9.17, 15) is 4.79 Å². The minimum atomic E-state index is -0.447. The normalized spacial score (nSPS) is 12.0. The van der Waals surface area contributed by atoms with Crippen LogP contribution in [0.2, 0.25) is 15.1 Å². The number of halogens is 5. The highest BCUT2D eigenvalue weighted by Crippen LogP contribution is 2.33. The summed E-state index contributed by atoms with van der Waals surface area (Å²) in [4.78, 5) is 18.2. The molecule has 4 aromatic rings. The summed E-state index contributed by atoms with van der Waals surface area (Å²) in [7, 11) is 0. The molecule has 0 saturated carbocycles. The predicted molar refractivity (Wildman–Crippen MR) is 155 cm³/mol. The number of aromatic nitrogens is 2. The number of fused-ring (bicyclic) bond motifs is 1. The van der Waals surface area contributed by atoms with E-state index in [4.69, 9.17) is 44.5 Å². The molecule has 0 aliphatic heterocycles. The van der Waals surface area contributed by atoms with Crippen molar-refractivity contribution in [3.63, 3.8) is 0 Å². The molecule has 5 nitrogen and oxygen atoms in total. The number of hydrogen-bond acceptors (Lipinski definition) is 4. The SMILES string of the molecule is CC(C)(C)c1nc2ccc(Br)cc2c(=O)n1N=Cc1cc(Cl)cc(Br)c1OCc1ccc(Cl)cc1Cl. The molecule has 36 heavy (non-hydrogen) atoms. The lowest BCUT2D eigenvalue weighted by molar-refractivity contribution is 0.304. The van der Waals surface area contributed by atoms with E-state index in [-0.39, 0.29) is 12.2 Å². The van der Waals surface area contributed by atoms with E-state index in [2.05, 4.69) is 37.0 Å². The monoisotopic (exact) mass is 669 g/mol. The molecule has 1 heterocycles. The third-order valence-electron chi connectivity index (χ3n) is 5.22. The molecule has 0 spiro atoms. The van der Waals surface area contributed by atoms with Gasteiger partial charge in [-0.05, 0) is 58.4 Å². The van der Waals surface area contributed by atoms with Gasteiger partial charge in [0.25, 0.3) is 5.56 Å². The fraction of sp³-hybridized carbons (Fsp3) is 0.192. The molecule has 0 bridgehead atoms. The molecule has 1 aromatic heterocycles. The fourth-order valence-corrected chi connectivity index (χ4v) is 5.25. The quantitative estimate of drug-likeness (QED) is 0.200. The van der Waals surface area contributed by atoms with E-state index >= 15 is 0 Å². The van der Waals surface area contributed by atoms with E-state index in [1.165, 1.54) is 10.9 Å². The number of nitrogens with zero attached hydrogens (tertiary/aromatic N) is 3. The van der Waals surface area contributed by atoms with E-state index < -0.39 is 5.41 Å². The van der Waals surface area contributed by atoms with Crippen molar-refractivity contribution in [2.75, 3.05) is 0 Å². The van der Waals surface area contributed by atoms with Gasteiger partial charge in [-0.3, -0.25) is 4.79 Å². The Bertz CT molecular complexity index is 1560. The topological polar surface area (TPSA) is 56.5 Å². The molecule has 10 heteroatoms. The first kappa shape index (κ1) is 27.1. The first-order valence-electron chi connectivity index (χ1n) is 10.8. The highest BCUT2D eigenvalue weighted by Gasteiger charge is 2.23. The summed E-state index contributed by atoms with van der Waals surface area (Å²) >= 11 is 25.6. The number of ether oxygens (including phenoxy) is 1. The van der Waals surface area contributed by atoms with E-state index in [1.54, 1.807) is 36.4 Å². The first-order chi connectivity index (χ1) is 16.9. The largest absolute Gasteiger partial charge is 0.487 e. The Morgan fingerprint density at radius 1 is 1.03 bits per heavy atom. The summed E-state index contributed by atoms with van der Waals surface area (Å²) in [5.41, 5.74) is 1.21. The second-order valence-electron chi connectivity index (χ2n) is 9.04. The van der Waals surface area contributed by atoms with Crippen molar-refractivity contribution < 1.29 is 4.74 Å². The van der Waals surface area contributed by atoms with Gasteiger partial charge in [0.2, 0.25) is 0 Å². The molecule has 0 saturated heterocycles. The minimum Gasteiger partial charge on any atom is -0.487 e. The van der Waals surface area contributed by atoms with Crippen molar-refractivity contribution in [3.8, 4) is 5.75 Å². The molecular formula is C26H20Br2Cl3N3O2. The summed E-state index contributed by atoms with van der Waals surface area (Å²) < 4.78 is 8.83. The highest BCUT2D eigenvalue weighted by molar-refractivity contribution is 9.10. The van der Waals surface area contributed by atoms with Crippen molar-refractivity contribution in [3.05, 3.63) is 99.8 Å². The predicted octanol–water partition coefficient (Wildman–Crippen LogP) is 8.64. The Balaban J connectivity index is 1.80. The van der Waals surface area contributed by atoms with Crippen molar-refractivity contribution >= 4 is 83.8 Å². The van der Waals surface area contributed by atoms with Crippen LogP contribution in [-0.4, -0.2) is 15.9 Å². The molecule has 0 N–H and O–H groups in total. The molecule has 0 amide bonds. The molecule has 0 fully saturated rings. The molecule has 0 radical (unpaired) electrons. The van der Waals surface area contributed by atoms with Crippen LogP contribution in [0.25, 0.3) is 10.9 Å². The molecule has 0 atom stereocenters. The van der Waals surface area contributed by atoms with Crippen molar-refractivity contribution in [2.45, 2.75) is 32.8 Å². The summed E-state index contributed by atoms with van der Waals surface area (Å²) in [6.45, 7) is 6.12. The molecule has 0 aliphatic rings. The zero-order chi connectivity index (χ0) is 26.2. The van der Waals surface area contributed by atoms with Crippen LogP contribution in [0.3, 0.4) is 0 Å². The average molecular weight is 673 g/mol. The van der Waals surface area contributed by atoms with Gasteiger partial charge in [-0.15, -0.1) is 0 Å². The summed E-state index contributed by atoms with van der Waals surface area (Å²) in [6, 6.07) is 14.0. The van der Waals surface area contributed by atoms with E-state index in [0.29, 0.717) is 47.6 Å². The zero-order valence-electron chi connectivity index (χ0n) is 19.5. The first-order valence-corrected chi connectivity index (χ1v) is 13.5. The molecule has 0 aliphatic carbocycles. The van der Waals surface area contributed by atoms with Gasteiger partial charge in [-0.2, -0.15) is 9.78 Å². The number of rotatable bonds is 5.